The van der Waals surface area contributed by atoms with Gasteiger partial charge in [-0.15, -0.1) is 0 Å². The summed E-state index contributed by atoms with van der Waals surface area (Å²) < 4.78 is 0. The first-order chi connectivity index (χ1) is 0. The maximum absolute atomic E-state index is 0. The second kappa shape index (κ2) is 218. The fraction of sp³-hybridized carbons (Fsp3) is 0. The Morgan fingerprint density at radius 3 is 0.600 bits per heavy atom. The molecule has 0 bridgehead atoms. The molecule has 0 unspecified atom stereocenters. The molecule has 0 aromatic heterocycles. The maximum atomic E-state index is 0. The van der Waals surface area contributed by atoms with Crippen molar-refractivity contribution in [1.82, 2.24) is 0 Å². The van der Waals surface area contributed by atoms with E-state index in [-0.39, 0.29) is 43.3 Å². The van der Waals surface area contributed by atoms with E-state index in [0.717, 1.165) is 0 Å². The van der Waals surface area contributed by atoms with Crippen LogP contribution < -0.4 is 0 Å². The summed E-state index contributed by atoms with van der Waals surface area (Å²) >= 11 is 0. The van der Waals surface area contributed by atoms with Gasteiger partial charge in [0, 0.05) is 0 Å². The average molecular weight is 170 g/mol. The van der Waals surface area contributed by atoms with Crippen molar-refractivity contribution < 1.29 is 35.9 Å². The van der Waals surface area contributed by atoms with Crippen LogP contribution in [0.3, 0.4) is 0 Å². The summed E-state index contributed by atoms with van der Waals surface area (Å²) in [6.07, 6.45) is 0. The monoisotopic (exact) mass is 171 g/mol. The van der Waals surface area contributed by atoms with E-state index < -0.39 is 0 Å². The molecular weight excluding hydrogens is 161 g/mol. The molecule has 0 saturated carbocycles. The van der Waals surface area contributed by atoms with Crippen molar-refractivity contribution in [2.45, 2.75) is 0 Å². The SMILES string of the molecule is O.O.O.[CH3-].[Ru+]. The Morgan fingerprint density at radius 1 is 0.600 bits per heavy atom. The maximum Gasteiger partial charge on any atom is 1.00 e. The molecule has 0 rings (SSSR count). The minimum atomic E-state index is 0. The second-order valence-corrected chi connectivity index (χ2v) is 0. The molecule has 0 aromatic carbocycles. The Labute approximate surface area is 44.1 Å². The molecule has 0 aliphatic rings. The first kappa shape index (κ1) is 440. The fourth-order valence-electron chi connectivity index (χ4n) is 0. The first-order valence-corrected chi connectivity index (χ1v) is 0. The smallest absolute Gasteiger partial charge is 0.412 e. The fourth-order valence-corrected chi connectivity index (χ4v) is 0. The van der Waals surface area contributed by atoms with Crippen molar-refractivity contribution in [3.8, 4) is 0 Å². The van der Waals surface area contributed by atoms with Crippen LogP contribution >= 0.6 is 0 Å². The first-order valence-electron chi connectivity index (χ1n) is 0. The van der Waals surface area contributed by atoms with Crippen molar-refractivity contribution in [2.75, 3.05) is 0 Å². The molecule has 39 valence electrons. The van der Waals surface area contributed by atoms with Crippen molar-refractivity contribution in [3.63, 3.8) is 0 Å². The molecule has 0 saturated heterocycles. The second-order valence-electron chi connectivity index (χ2n) is 0. The summed E-state index contributed by atoms with van der Waals surface area (Å²) in [5, 5.41) is 0. The largest absolute Gasteiger partial charge is 1.00 e. The Bertz CT molecular complexity index is 6.85. The summed E-state index contributed by atoms with van der Waals surface area (Å²) in [5.41, 5.74) is 0. The van der Waals surface area contributed by atoms with Crippen LogP contribution in [0.2, 0.25) is 0 Å². The van der Waals surface area contributed by atoms with Crippen LogP contribution in [0.5, 0.6) is 0 Å². The van der Waals surface area contributed by atoms with Crippen LogP contribution in [0.25, 0.3) is 0 Å². The summed E-state index contributed by atoms with van der Waals surface area (Å²) in [6, 6.07) is 0. The Hall–Kier alpha value is 0.503. The Balaban J connectivity index is 0. The van der Waals surface area contributed by atoms with Crippen LogP contribution in [0.1, 0.15) is 0 Å². The summed E-state index contributed by atoms with van der Waals surface area (Å²) in [5.74, 6) is 0. The van der Waals surface area contributed by atoms with E-state index >= 15 is 0 Å². The van der Waals surface area contributed by atoms with E-state index in [4.69, 9.17) is 0 Å². The predicted octanol–water partition coefficient (Wildman–Crippen LogP) is -2.03. The standard InChI is InChI=1S/CH3.3H2O.Ru/h1H3;3*1H2;/q-1;;;;+1. The molecule has 0 aliphatic heterocycles. The Morgan fingerprint density at radius 2 is 0.600 bits per heavy atom. The van der Waals surface area contributed by atoms with Gasteiger partial charge in [-0.3, -0.25) is 0 Å². The van der Waals surface area contributed by atoms with E-state index in [1.165, 1.54) is 0 Å². The molecule has 3 nitrogen and oxygen atoms in total. The zero-order valence-electron chi connectivity index (χ0n) is 2.85. The molecule has 0 aliphatic carbocycles. The van der Waals surface area contributed by atoms with Gasteiger partial charge in [0.25, 0.3) is 0 Å². The van der Waals surface area contributed by atoms with Crippen LogP contribution in [0.15, 0.2) is 0 Å². The van der Waals surface area contributed by atoms with Crippen molar-refractivity contribution in [2.24, 2.45) is 0 Å². The van der Waals surface area contributed by atoms with Crippen LogP contribution in [0, 0.1) is 7.43 Å². The van der Waals surface area contributed by atoms with Crippen molar-refractivity contribution >= 4 is 0 Å². The van der Waals surface area contributed by atoms with Gasteiger partial charge in [-0.25, -0.2) is 0 Å². The summed E-state index contributed by atoms with van der Waals surface area (Å²) in [7, 11) is 0. The zero-order chi connectivity index (χ0) is 0. The summed E-state index contributed by atoms with van der Waals surface area (Å²) in [4.78, 5) is 0. The Kier molecular flexibility index (Phi) is 19200. The molecule has 4 heteroatoms. The minimum Gasteiger partial charge on any atom is -0.412 e. The van der Waals surface area contributed by atoms with Gasteiger partial charge in [-0.2, -0.15) is 0 Å². The van der Waals surface area contributed by atoms with Gasteiger partial charge in [0.15, 0.2) is 0 Å². The molecule has 5 heavy (non-hydrogen) atoms. The van der Waals surface area contributed by atoms with E-state index in [9.17, 15) is 0 Å². The number of hydrogen-bond donors (Lipinski definition) is 0. The van der Waals surface area contributed by atoms with Gasteiger partial charge >= 0.3 is 19.5 Å². The van der Waals surface area contributed by atoms with E-state index in [0.29, 0.717) is 0 Å². The van der Waals surface area contributed by atoms with Gasteiger partial charge in [0.05, 0.1) is 0 Å². The van der Waals surface area contributed by atoms with E-state index in [1.807, 2.05) is 0 Å². The van der Waals surface area contributed by atoms with Gasteiger partial charge in [0.1, 0.15) is 0 Å². The molecule has 0 fully saturated rings. The zero-order valence-corrected chi connectivity index (χ0v) is 4.59. The number of hydrogen-bond acceptors (Lipinski definition) is 0. The predicted molar refractivity (Wildman–Crippen MR) is 17.3 cm³/mol. The van der Waals surface area contributed by atoms with Gasteiger partial charge in [-0.1, -0.05) is 0 Å². The molecule has 0 amide bonds. The molecule has 1 radical (unpaired) electrons. The van der Waals surface area contributed by atoms with E-state index in [2.05, 4.69) is 0 Å². The van der Waals surface area contributed by atoms with Gasteiger partial charge in [-0.05, 0) is 0 Å². The van der Waals surface area contributed by atoms with Crippen LogP contribution in [-0.2, 0) is 19.5 Å². The van der Waals surface area contributed by atoms with Gasteiger partial charge in [0.2, 0.25) is 0 Å². The van der Waals surface area contributed by atoms with Gasteiger partial charge < -0.3 is 23.9 Å². The molecule has 6 N–H and O–H groups in total. The quantitative estimate of drug-likeness (QED) is 0.296. The molecule has 0 aromatic rings. The average Bonchev–Trinajstić information content (AvgIpc) is 0. The number of rotatable bonds is 0. The third-order valence-corrected chi connectivity index (χ3v) is 0. The van der Waals surface area contributed by atoms with E-state index in [1.54, 1.807) is 0 Å². The molecular formula is CH9O3Ru. The topological polar surface area (TPSA) is 94.5 Å². The van der Waals surface area contributed by atoms with Crippen LogP contribution in [-0.4, -0.2) is 16.4 Å². The van der Waals surface area contributed by atoms with Crippen molar-refractivity contribution in [3.05, 3.63) is 7.43 Å². The molecule has 0 spiro atoms. The summed E-state index contributed by atoms with van der Waals surface area (Å²) in [6.45, 7) is 0. The molecule has 0 heterocycles. The molecule has 0 atom stereocenters. The third kappa shape index (κ3) is 111. The van der Waals surface area contributed by atoms with Crippen molar-refractivity contribution in [1.29, 1.82) is 0 Å². The van der Waals surface area contributed by atoms with Crippen LogP contribution in [0.4, 0.5) is 0 Å². The normalized spacial score (nSPS) is 0. The third-order valence-electron chi connectivity index (χ3n) is 0. The minimum absolute atomic E-state index is 0.